The summed E-state index contributed by atoms with van der Waals surface area (Å²) in [6.45, 7) is 4.46. The van der Waals surface area contributed by atoms with Crippen LogP contribution < -0.4 is 5.32 Å². The molecule has 1 aromatic rings. The molecular formula is C15H22N2O3S. The molecule has 1 unspecified atom stereocenters. The second kappa shape index (κ2) is 8.67. The van der Waals surface area contributed by atoms with Crippen molar-refractivity contribution >= 4 is 23.6 Å². The highest BCUT2D eigenvalue weighted by Crippen LogP contribution is 2.18. The Balaban J connectivity index is 2.66. The molecule has 0 aliphatic rings. The number of carbonyl (C=O) groups excluding carboxylic acids is 1. The zero-order valence-electron chi connectivity index (χ0n) is 12.6. The fourth-order valence-corrected chi connectivity index (χ4v) is 2.76. The first-order valence-corrected chi connectivity index (χ1v) is 8.15. The summed E-state index contributed by atoms with van der Waals surface area (Å²) in [5.74, 6) is -0.695. The Hall–Kier alpha value is -1.56. The summed E-state index contributed by atoms with van der Waals surface area (Å²) in [7, 11) is 0. The highest BCUT2D eigenvalue weighted by molar-refractivity contribution is 7.98. The number of pyridine rings is 1. The minimum absolute atomic E-state index is 0.0548. The van der Waals surface area contributed by atoms with Crippen molar-refractivity contribution in [2.24, 2.45) is 11.8 Å². The van der Waals surface area contributed by atoms with E-state index >= 15 is 0 Å². The zero-order chi connectivity index (χ0) is 15.8. The molecule has 0 fully saturated rings. The third kappa shape index (κ3) is 6.16. The second-order valence-electron chi connectivity index (χ2n) is 5.36. The summed E-state index contributed by atoms with van der Waals surface area (Å²) in [4.78, 5) is 27.2. The summed E-state index contributed by atoms with van der Waals surface area (Å²) in [5, 5.41) is 12.4. The molecule has 0 aromatic carbocycles. The van der Waals surface area contributed by atoms with Gasteiger partial charge in [0.15, 0.2) is 0 Å². The van der Waals surface area contributed by atoms with E-state index in [2.05, 4.69) is 10.3 Å². The van der Waals surface area contributed by atoms with Crippen LogP contribution in [-0.2, 0) is 4.79 Å². The van der Waals surface area contributed by atoms with Crippen molar-refractivity contribution in [3.8, 4) is 0 Å². The van der Waals surface area contributed by atoms with Crippen LogP contribution in [0.2, 0.25) is 0 Å². The van der Waals surface area contributed by atoms with Crippen LogP contribution in [0.15, 0.2) is 23.4 Å². The number of hydrogen-bond donors (Lipinski definition) is 2. The van der Waals surface area contributed by atoms with Crippen molar-refractivity contribution in [3.05, 3.63) is 23.9 Å². The Bertz CT molecular complexity index is 492. The topological polar surface area (TPSA) is 79.3 Å². The Morgan fingerprint density at radius 3 is 2.71 bits per heavy atom. The summed E-state index contributed by atoms with van der Waals surface area (Å²) < 4.78 is 0. The molecule has 0 saturated heterocycles. The van der Waals surface area contributed by atoms with Gasteiger partial charge in [-0.2, -0.15) is 0 Å². The van der Waals surface area contributed by atoms with Crippen molar-refractivity contribution in [1.29, 1.82) is 0 Å². The molecule has 0 aliphatic carbocycles. The van der Waals surface area contributed by atoms with Crippen LogP contribution in [0.4, 0.5) is 0 Å². The standard InChI is InChI=1S/C15H22N2O3S/c1-10(2)7-11(8-13(18)19)9-17-14(20)12-5-4-6-16-15(12)21-3/h4-6,10-11H,7-9H2,1-3H3,(H,17,20)(H,18,19). The largest absolute Gasteiger partial charge is 0.481 e. The van der Waals surface area contributed by atoms with Gasteiger partial charge in [-0.15, -0.1) is 11.8 Å². The Labute approximate surface area is 129 Å². The lowest BCUT2D eigenvalue weighted by atomic mass is 9.94. The number of hydrogen-bond acceptors (Lipinski definition) is 4. The van der Waals surface area contributed by atoms with E-state index in [1.165, 1.54) is 11.8 Å². The molecule has 0 spiro atoms. The van der Waals surface area contributed by atoms with E-state index in [0.29, 0.717) is 23.1 Å². The van der Waals surface area contributed by atoms with E-state index in [1.54, 1.807) is 18.3 Å². The first kappa shape index (κ1) is 17.5. The van der Waals surface area contributed by atoms with E-state index < -0.39 is 5.97 Å². The molecule has 2 N–H and O–H groups in total. The number of carboxylic acids is 1. The molecule has 0 aliphatic heterocycles. The van der Waals surface area contributed by atoms with Gasteiger partial charge in [-0.1, -0.05) is 13.8 Å². The molecular weight excluding hydrogens is 288 g/mol. The maximum absolute atomic E-state index is 12.2. The van der Waals surface area contributed by atoms with E-state index in [0.717, 1.165) is 6.42 Å². The lowest BCUT2D eigenvalue weighted by Crippen LogP contribution is -2.31. The molecule has 1 rings (SSSR count). The minimum Gasteiger partial charge on any atom is -0.481 e. The number of rotatable bonds is 8. The molecule has 1 amide bonds. The quantitative estimate of drug-likeness (QED) is 0.722. The van der Waals surface area contributed by atoms with Crippen LogP contribution >= 0.6 is 11.8 Å². The first-order chi connectivity index (χ1) is 9.93. The summed E-state index contributed by atoms with van der Waals surface area (Å²) in [6, 6.07) is 3.44. The van der Waals surface area contributed by atoms with Gasteiger partial charge in [0.1, 0.15) is 5.03 Å². The number of amides is 1. The molecule has 1 atom stereocenters. The van der Waals surface area contributed by atoms with Gasteiger partial charge in [-0.3, -0.25) is 9.59 Å². The fourth-order valence-electron chi connectivity index (χ4n) is 2.21. The van der Waals surface area contributed by atoms with Gasteiger partial charge < -0.3 is 10.4 Å². The third-order valence-corrected chi connectivity index (χ3v) is 3.74. The molecule has 0 saturated carbocycles. The van der Waals surface area contributed by atoms with Crippen LogP contribution in [0.1, 0.15) is 37.0 Å². The highest BCUT2D eigenvalue weighted by Gasteiger charge is 2.17. The van der Waals surface area contributed by atoms with E-state index in [9.17, 15) is 9.59 Å². The fraction of sp³-hybridized carbons (Fsp3) is 0.533. The Kier molecular flexibility index (Phi) is 7.22. The monoisotopic (exact) mass is 310 g/mol. The molecule has 6 heteroatoms. The number of carbonyl (C=O) groups is 2. The maximum atomic E-state index is 12.2. The molecule has 5 nitrogen and oxygen atoms in total. The predicted octanol–water partition coefficient (Wildman–Crippen LogP) is 2.67. The smallest absolute Gasteiger partial charge is 0.303 e. The average Bonchev–Trinajstić information content (AvgIpc) is 2.43. The van der Waals surface area contributed by atoms with Crippen molar-refractivity contribution in [1.82, 2.24) is 10.3 Å². The van der Waals surface area contributed by atoms with Crippen LogP contribution in [-0.4, -0.2) is 34.8 Å². The third-order valence-electron chi connectivity index (χ3n) is 3.03. The van der Waals surface area contributed by atoms with Gasteiger partial charge in [-0.25, -0.2) is 4.98 Å². The molecule has 21 heavy (non-hydrogen) atoms. The SMILES string of the molecule is CSc1ncccc1C(=O)NCC(CC(=O)O)CC(C)C. The van der Waals surface area contributed by atoms with E-state index in [4.69, 9.17) is 5.11 Å². The number of aromatic nitrogens is 1. The maximum Gasteiger partial charge on any atom is 0.303 e. The summed E-state index contributed by atoms with van der Waals surface area (Å²) >= 11 is 1.41. The summed E-state index contributed by atoms with van der Waals surface area (Å²) in [5.41, 5.74) is 0.531. The molecule has 116 valence electrons. The summed E-state index contributed by atoms with van der Waals surface area (Å²) in [6.07, 6.45) is 4.36. The second-order valence-corrected chi connectivity index (χ2v) is 6.16. The van der Waals surface area contributed by atoms with Gasteiger partial charge >= 0.3 is 5.97 Å². The molecule has 0 radical (unpaired) electrons. The normalized spacial score (nSPS) is 12.2. The van der Waals surface area contributed by atoms with Crippen molar-refractivity contribution in [2.75, 3.05) is 12.8 Å². The zero-order valence-corrected chi connectivity index (χ0v) is 13.4. The number of aliphatic carboxylic acids is 1. The number of carboxylic acid groups (broad SMARTS) is 1. The lowest BCUT2D eigenvalue weighted by Gasteiger charge is -2.18. The molecule has 1 aromatic heterocycles. The van der Waals surface area contributed by atoms with Gasteiger partial charge in [0.05, 0.1) is 5.56 Å². The molecule has 0 bridgehead atoms. The van der Waals surface area contributed by atoms with E-state index in [-0.39, 0.29) is 18.2 Å². The van der Waals surface area contributed by atoms with E-state index in [1.807, 2.05) is 20.1 Å². The Morgan fingerprint density at radius 2 is 2.14 bits per heavy atom. The average molecular weight is 310 g/mol. The molecule has 1 heterocycles. The minimum atomic E-state index is -0.832. The predicted molar refractivity (Wildman–Crippen MR) is 83.5 cm³/mol. The van der Waals surface area contributed by atoms with Gasteiger partial charge in [0.25, 0.3) is 5.91 Å². The number of thioether (sulfide) groups is 1. The van der Waals surface area contributed by atoms with Crippen LogP contribution in [0, 0.1) is 11.8 Å². The van der Waals surface area contributed by atoms with Gasteiger partial charge in [0, 0.05) is 19.2 Å². The van der Waals surface area contributed by atoms with Gasteiger partial charge in [0.2, 0.25) is 0 Å². The number of nitrogens with zero attached hydrogens (tertiary/aromatic N) is 1. The highest BCUT2D eigenvalue weighted by atomic mass is 32.2. The van der Waals surface area contributed by atoms with Crippen LogP contribution in [0.5, 0.6) is 0 Å². The number of nitrogens with one attached hydrogen (secondary N) is 1. The lowest BCUT2D eigenvalue weighted by molar-refractivity contribution is -0.138. The van der Waals surface area contributed by atoms with Gasteiger partial charge in [-0.05, 0) is 36.6 Å². The van der Waals surface area contributed by atoms with Crippen molar-refractivity contribution in [3.63, 3.8) is 0 Å². The Morgan fingerprint density at radius 1 is 1.43 bits per heavy atom. The van der Waals surface area contributed by atoms with Crippen molar-refractivity contribution in [2.45, 2.75) is 31.7 Å². The van der Waals surface area contributed by atoms with Crippen LogP contribution in [0.25, 0.3) is 0 Å². The van der Waals surface area contributed by atoms with Crippen LogP contribution in [0.3, 0.4) is 0 Å². The first-order valence-electron chi connectivity index (χ1n) is 6.93. The van der Waals surface area contributed by atoms with Crippen molar-refractivity contribution < 1.29 is 14.7 Å².